The second-order valence-electron chi connectivity index (χ2n) is 3.50. The van der Waals surface area contributed by atoms with Crippen molar-refractivity contribution in [2.24, 2.45) is 0 Å². The van der Waals surface area contributed by atoms with Gasteiger partial charge in [-0.1, -0.05) is 11.8 Å². The molecule has 0 fully saturated rings. The number of aromatic nitrogens is 2. The maximum atomic E-state index is 13.5. The molecule has 100 valence electrons. The van der Waals surface area contributed by atoms with E-state index in [9.17, 15) is 8.78 Å². The SMILES string of the molecule is CNc1cc(Oc2cc(F)ccc2F)nc(SC)n1. The molecule has 4 nitrogen and oxygen atoms in total. The molecule has 0 unspecified atom stereocenters. The van der Waals surface area contributed by atoms with Crippen LogP contribution in [0.3, 0.4) is 0 Å². The molecule has 1 aromatic carbocycles. The summed E-state index contributed by atoms with van der Waals surface area (Å²) >= 11 is 1.32. The van der Waals surface area contributed by atoms with Crippen LogP contribution in [-0.4, -0.2) is 23.3 Å². The number of benzene rings is 1. The maximum absolute atomic E-state index is 13.5. The van der Waals surface area contributed by atoms with Gasteiger partial charge in [0.2, 0.25) is 5.88 Å². The van der Waals surface area contributed by atoms with E-state index in [0.717, 1.165) is 18.2 Å². The van der Waals surface area contributed by atoms with Gasteiger partial charge in [0, 0.05) is 19.2 Å². The van der Waals surface area contributed by atoms with Crippen LogP contribution in [0.25, 0.3) is 0 Å². The first-order chi connectivity index (χ1) is 9.12. The number of nitrogens with one attached hydrogen (secondary N) is 1. The van der Waals surface area contributed by atoms with Gasteiger partial charge in [0.25, 0.3) is 0 Å². The van der Waals surface area contributed by atoms with Gasteiger partial charge in [-0.3, -0.25) is 0 Å². The van der Waals surface area contributed by atoms with Crippen LogP contribution >= 0.6 is 11.8 Å². The van der Waals surface area contributed by atoms with E-state index in [0.29, 0.717) is 11.0 Å². The lowest BCUT2D eigenvalue weighted by Crippen LogP contribution is -1.99. The molecule has 0 atom stereocenters. The second kappa shape index (κ2) is 5.83. The highest BCUT2D eigenvalue weighted by Crippen LogP contribution is 2.26. The monoisotopic (exact) mass is 283 g/mol. The Labute approximate surface area is 113 Å². The molecule has 0 aliphatic heterocycles. The number of rotatable bonds is 4. The Morgan fingerprint density at radius 2 is 2.00 bits per heavy atom. The Morgan fingerprint density at radius 3 is 2.68 bits per heavy atom. The smallest absolute Gasteiger partial charge is 0.225 e. The predicted molar refractivity (Wildman–Crippen MR) is 69.8 cm³/mol. The second-order valence-corrected chi connectivity index (χ2v) is 4.28. The van der Waals surface area contributed by atoms with Crippen LogP contribution in [0, 0.1) is 11.6 Å². The quantitative estimate of drug-likeness (QED) is 0.689. The van der Waals surface area contributed by atoms with Crippen molar-refractivity contribution >= 4 is 17.6 Å². The van der Waals surface area contributed by atoms with Crippen LogP contribution in [0.5, 0.6) is 11.6 Å². The Kier molecular flexibility index (Phi) is 4.16. The molecule has 19 heavy (non-hydrogen) atoms. The van der Waals surface area contributed by atoms with Crippen molar-refractivity contribution < 1.29 is 13.5 Å². The third kappa shape index (κ3) is 3.31. The summed E-state index contributed by atoms with van der Waals surface area (Å²) in [7, 11) is 1.69. The zero-order valence-electron chi connectivity index (χ0n) is 10.3. The number of halogens is 2. The first-order valence-corrected chi connectivity index (χ1v) is 6.58. The van der Waals surface area contributed by atoms with Crippen molar-refractivity contribution in [1.82, 2.24) is 9.97 Å². The standard InChI is InChI=1S/C12H11F2N3OS/c1-15-10-6-11(17-12(16-10)19-2)18-9-5-7(13)3-4-8(9)14/h3-6H,1-2H3,(H,15,16,17). The highest BCUT2D eigenvalue weighted by Gasteiger charge is 2.09. The molecule has 2 rings (SSSR count). The molecule has 0 amide bonds. The fourth-order valence-corrected chi connectivity index (χ4v) is 1.71. The van der Waals surface area contributed by atoms with Gasteiger partial charge >= 0.3 is 0 Å². The predicted octanol–water partition coefficient (Wildman–Crippen LogP) is 3.31. The third-order valence-electron chi connectivity index (χ3n) is 2.23. The molecule has 0 radical (unpaired) electrons. The van der Waals surface area contributed by atoms with E-state index in [4.69, 9.17) is 4.74 Å². The minimum absolute atomic E-state index is 0.146. The van der Waals surface area contributed by atoms with Gasteiger partial charge in [-0.25, -0.2) is 13.8 Å². The normalized spacial score (nSPS) is 10.3. The molecule has 0 aliphatic carbocycles. The van der Waals surface area contributed by atoms with E-state index in [1.54, 1.807) is 13.3 Å². The molecular formula is C12H11F2N3OS. The summed E-state index contributed by atoms with van der Waals surface area (Å²) in [6, 6.07) is 4.49. The average Bonchev–Trinajstić information content (AvgIpc) is 2.42. The highest BCUT2D eigenvalue weighted by atomic mass is 32.2. The van der Waals surface area contributed by atoms with E-state index in [1.165, 1.54) is 17.8 Å². The summed E-state index contributed by atoms with van der Waals surface area (Å²) in [6.45, 7) is 0. The Morgan fingerprint density at radius 1 is 1.21 bits per heavy atom. The van der Waals surface area contributed by atoms with Gasteiger partial charge in [0.1, 0.15) is 11.6 Å². The third-order valence-corrected chi connectivity index (χ3v) is 2.78. The first kappa shape index (κ1) is 13.5. The highest BCUT2D eigenvalue weighted by molar-refractivity contribution is 7.98. The molecule has 1 aromatic heterocycles. The van der Waals surface area contributed by atoms with Gasteiger partial charge in [-0.05, 0) is 18.4 Å². The van der Waals surface area contributed by atoms with Crippen LogP contribution in [0.2, 0.25) is 0 Å². The van der Waals surface area contributed by atoms with Crippen LogP contribution in [0.1, 0.15) is 0 Å². The summed E-state index contributed by atoms with van der Waals surface area (Å²) in [5.41, 5.74) is 0. The van der Waals surface area contributed by atoms with Crippen molar-refractivity contribution in [3.63, 3.8) is 0 Å². The zero-order valence-corrected chi connectivity index (χ0v) is 11.1. The van der Waals surface area contributed by atoms with Crippen LogP contribution < -0.4 is 10.1 Å². The number of hydrogen-bond acceptors (Lipinski definition) is 5. The van der Waals surface area contributed by atoms with Gasteiger partial charge in [0.15, 0.2) is 16.7 Å². The molecule has 7 heteroatoms. The fraction of sp³-hybridized carbons (Fsp3) is 0.167. The molecule has 0 aliphatic rings. The van der Waals surface area contributed by atoms with Crippen molar-refractivity contribution in [1.29, 1.82) is 0 Å². The number of thioether (sulfide) groups is 1. The Bertz CT molecular complexity index is 573. The van der Waals surface area contributed by atoms with Crippen molar-refractivity contribution in [3.8, 4) is 11.6 Å². The Balaban J connectivity index is 2.34. The minimum atomic E-state index is -0.656. The van der Waals surface area contributed by atoms with Crippen LogP contribution in [0.4, 0.5) is 14.6 Å². The van der Waals surface area contributed by atoms with Crippen LogP contribution in [0.15, 0.2) is 29.4 Å². The molecule has 0 spiro atoms. The maximum Gasteiger partial charge on any atom is 0.225 e. The first-order valence-electron chi connectivity index (χ1n) is 5.36. The van der Waals surface area contributed by atoms with E-state index >= 15 is 0 Å². The summed E-state index contributed by atoms with van der Waals surface area (Å²) in [4.78, 5) is 8.21. The summed E-state index contributed by atoms with van der Waals surface area (Å²) in [5, 5.41) is 3.31. The number of anilines is 1. The van der Waals surface area contributed by atoms with Crippen molar-refractivity contribution in [3.05, 3.63) is 35.9 Å². The molecular weight excluding hydrogens is 272 g/mol. The van der Waals surface area contributed by atoms with E-state index < -0.39 is 11.6 Å². The summed E-state index contributed by atoms with van der Waals surface area (Å²) in [6.07, 6.45) is 1.81. The lowest BCUT2D eigenvalue weighted by atomic mass is 10.3. The van der Waals surface area contributed by atoms with E-state index in [-0.39, 0.29) is 11.6 Å². The lowest BCUT2D eigenvalue weighted by Gasteiger charge is -2.08. The summed E-state index contributed by atoms with van der Waals surface area (Å²) < 4.78 is 31.8. The molecule has 0 saturated carbocycles. The molecule has 0 bridgehead atoms. The van der Waals surface area contributed by atoms with Crippen molar-refractivity contribution in [2.75, 3.05) is 18.6 Å². The molecule has 1 heterocycles. The van der Waals surface area contributed by atoms with Crippen molar-refractivity contribution in [2.45, 2.75) is 5.16 Å². The minimum Gasteiger partial charge on any atom is -0.436 e. The largest absolute Gasteiger partial charge is 0.436 e. The van der Waals surface area contributed by atoms with E-state index in [1.807, 2.05) is 0 Å². The van der Waals surface area contributed by atoms with Gasteiger partial charge in [-0.2, -0.15) is 4.98 Å². The van der Waals surface area contributed by atoms with Gasteiger partial charge in [-0.15, -0.1) is 0 Å². The molecule has 2 aromatic rings. The average molecular weight is 283 g/mol. The van der Waals surface area contributed by atoms with Crippen LogP contribution in [-0.2, 0) is 0 Å². The number of nitrogens with zero attached hydrogens (tertiary/aromatic N) is 2. The fourth-order valence-electron chi connectivity index (χ4n) is 1.34. The Hall–Kier alpha value is -1.89. The molecule has 0 saturated heterocycles. The lowest BCUT2D eigenvalue weighted by molar-refractivity contribution is 0.418. The topological polar surface area (TPSA) is 47.0 Å². The summed E-state index contributed by atoms with van der Waals surface area (Å²) in [5.74, 6) is -0.770. The number of ether oxygens (including phenoxy) is 1. The van der Waals surface area contributed by atoms with Gasteiger partial charge in [0.05, 0.1) is 0 Å². The number of hydrogen-bond donors (Lipinski definition) is 1. The molecule has 1 N–H and O–H groups in total. The zero-order chi connectivity index (χ0) is 13.8. The van der Waals surface area contributed by atoms with E-state index in [2.05, 4.69) is 15.3 Å². The van der Waals surface area contributed by atoms with Gasteiger partial charge < -0.3 is 10.1 Å².